The minimum atomic E-state index is -0.212. The molecule has 0 atom stereocenters. The lowest BCUT2D eigenvalue weighted by molar-refractivity contribution is 0.0957. The third-order valence-electron chi connectivity index (χ3n) is 3.78. The molecular formula is C19H20N2O. The van der Waals surface area contributed by atoms with Crippen LogP contribution >= 0.6 is 0 Å². The average Bonchev–Trinajstić information content (AvgIpc) is 2.88. The number of benzene rings is 2. The minimum Gasteiger partial charge on any atom is -0.268 e. The van der Waals surface area contributed by atoms with Gasteiger partial charge in [-0.3, -0.25) is 9.36 Å². The van der Waals surface area contributed by atoms with E-state index in [0.29, 0.717) is 5.56 Å². The van der Waals surface area contributed by atoms with Crippen LogP contribution in [0.1, 0.15) is 42.5 Å². The summed E-state index contributed by atoms with van der Waals surface area (Å²) in [6.07, 6.45) is 0. The Morgan fingerprint density at radius 3 is 2.32 bits per heavy atom. The topological polar surface area (TPSA) is 34.9 Å². The predicted molar refractivity (Wildman–Crippen MR) is 89.3 cm³/mol. The van der Waals surface area contributed by atoms with Crippen molar-refractivity contribution < 1.29 is 4.79 Å². The molecule has 0 saturated heterocycles. The van der Waals surface area contributed by atoms with E-state index in [9.17, 15) is 4.79 Å². The SMILES string of the molecule is Cc1cccc2c1nc(C(C)(C)C)n2C(=O)c1ccccc1. The highest BCUT2D eigenvalue weighted by Crippen LogP contribution is 2.28. The lowest BCUT2D eigenvalue weighted by atomic mass is 9.95. The zero-order chi connectivity index (χ0) is 15.9. The molecule has 1 heterocycles. The van der Waals surface area contributed by atoms with E-state index in [0.717, 1.165) is 22.4 Å². The van der Waals surface area contributed by atoms with Gasteiger partial charge in [0.05, 0.1) is 11.0 Å². The molecule has 0 aliphatic heterocycles. The van der Waals surface area contributed by atoms with E-state index in [1.165, 1.54) is 0 Å². The molecule has 0 amide bonds. The Morgan fingerprint density at radius 1 is 1.00 bits per heavy atom. The van der Waals surface area contributed by atoms with Crippen LogP contribution in [-0.2, 0) is 5.41 Å². The third kappa shape index (κ3) is 2.33. The van der Waals surface area contributed by atoms with Crippen molar-refractivity contribution in [1.29, 1.82) is 0 Å². The number of rotatable bonds is 1. The summed E-state index contributed by atoms with van der Waals surface area (Å²) in [5.41, 5.74) is 3.32. The van der Waals surface area contributed by atoms with Crippen LogP contribution in [0.15, 0.2) is 48.5 Å². The van der Waals surface area contributed by atoms with Crippen molar-refractivity contribution in [3.8, 4) is 0 Å². The van der Waals surface area contributed by atoms with E-state index in [1.807, 2.05) is 55.5 Å². The van der Waals surface area contributed by atoms with E-state index in [-0.39, 0.29) is 11.3 Å². The van der Waals surface area contributed by atoms with Crippen LogP contribution in [0.2, 0.25) is 0 Å². The van der Waals surface area contributed by atoms with Crippen molar-refractivity contribution in [2.45, 2.75) is 33.1 Å². The van der Waals surface area contributed by atoms with Gasteiger partial charge in [0.1, 0.15) is 5.82 Å². The van der Waals surface area contributed by atoms with E-state index in [2.05, 4.69) is 20.8 Å². The lowest BCUT2D eigenvalue weighted by Gasteiger charge is -2.19. The monoisotopic (exact) mass is 292 g/mol. The second-order valence-electron chi connectivity index (χ2n) is 6.63. The second kappa shape index (κ2) is 5.09. The van der Waals surface area contributed by atoms with Gasteiger partial charge in [0, 0.05) is 11.0 Å². The molecule has 0 saturated carbocycles. The first kappa shape index (κ1) is 14.5. The van der Waals surface area contributed by atoms with Crippen molar-refractivity contribution in [2.75, 3.05) is 0 Å². The number of hydrogen-bond acceptors (Lipinski definition) is 2. The number of carbonyl (C=O) groups is 1. The van der Waals surface area contributed by atoms with Gasteiger partial charge in [-0.15, -0.1) is 0 Å². The maximum atomic E-state index is 13.0. The minimum absolute atomic E-state index is 0.0291. The summed E-state index contributed by atoms with van der Waals surface area (Å²) >= 11 is 0. The van der Waals surface area contributed by atoms with Crippen molar-refractivity contribution in [3.05, 3.63) is 65.5 Å². The van der Waals surface area contributed by atoms with Gasteiger partial charge in [0.2, 0.25) is 0 Å². The van der Waals surface area contributed by atoms with Gasteiger partial charge in [-0.25, -0.2) is 4.98 Å². The smallest absolute Gasteiger partial charge is 0.263 e. The number of fused-ring (bicyclic) bond motifs is 1. The summed E-state index contributed by atoms with van der Waals surface area (Å²) in [5, 5.41) is 0. The Kier molecular flexibility index (Phi) is 3.36. The van der Waals surface area contributed by atoms with Gasteiger partial charge in [-0.2, -0.15) is 0 Å². The quantitative estimate of drug-likeness (QED) is 0.669. The molecule has 2 aromatic carbocycles. The molecule has 0 radical (unpaired) electrons. The Balaban J connectivity index is 2.32. The maximum Gasteiger partial charge on any atom is 0.263 e. The molecular weight excluding hydrogens is 272 g/mol. The van der Waals surface area contributed by atoms with E-state index < -0.39 is 0 Å². The molecule has 0 spiro atoms. The first-order chi connectivity index (χ1) is 10.4. The van der Waals surface area contributed by atoms with Gasteiger partial charge < -0.3 is 0 Å². The molecule has 3 nitrogen and oxygen atoms in total. The normalized spacial score (nSPS) is 11.8. The van der Waals surface area contributed by atoms with Crippen LogP contribution in [-0.4, -0.2) is 15.5 Å². The standard InChI is InChI=1S/C19H20N2O/c1-13-9-8-12-15-16(13)20-18(19(2,3)4)21(15)17(22)14-10-6-5-7-11-14/h5-12H,1-4H3. The van der Waals surface area contributed by atoms with Gasteiger partial charge in [-0.05, 0) is 30.7 Å². The Labute approximate surface area is 130 Å². The molecule has 1 aromatic heterocycles. The first-order valence-corrected chi connectivity index (χ1v) is 7.48. The third-order valence-corrected chi connectivity index (χ3v) is 3.78. The number of hydrogen-bond donors (Lipinski definition) is 0. The number of aryl methyl sites for hydroxylation is 1. The lowest BCUT2D eigenvalue weighted by Crippen LogP contribution is -2.24. The Bertz CT molecular complexity index is 839. The Hall–Kier alpha value is -2.42. The summed E-state index contributed by atoms with van der Waals surface area (Å²) < 4.78 is 1.76. The summed E-state index contributed by atoms with van der Waals surface area (Å²) in [5.74, 6) is 0.768. The zero-order valence-corrected chi connectivity index (χ0v) is 13.4. The summed E-state index contributed by atoms with van der Waals surface area (Å²) in [7, 11) is 0. The van der Waals surface area contributed by atoms with Crippen LogP contribution in [0.3, 0.4) is 0 Å². The molecule has 3 rings (SSSR count). The number of nitrogens with zero attached hydrogens (tertiary/aromatic N) is 2. The van der Waals surface area contributed by atoms with Crippen molar-refractivity contribution >= 4 is 16.9 Å². The van der Waals surface area contributed by atoms with Crippen LogP contribution in [0.25, 0.3) is 11.0 Å². The van der Waals surface area contributed by atoms with Crippen LogP contribution in [0, 0.1) is 6.92 Å². The highest BCUT2D eigenvalue weighted by atomic mass is 16.2. The van der Waals surface area contributed by atoms with E-state index in [4.69, 9.17) is 4.98 Å². The molecule has 22 heavy (non-hydrogen) atoms. The predicted octanol–water partition coefficient (Wildman–Crippen LogP) is 4.33. The second-order valence-corrected chi connectivity index (χ2v) is 6.63. The highest BCUT2D eigenvalue weighted by molar-refractivity contribution is 6.02. The average molecular weight is 292 g/mol. The molecule has 0 unspecified atom stereocenters. The molecule has 112 valence electrons. The van der Waals surface area contributed by atoms with Gasteiger partial charge in [0.25, 0.3) is 5.91 Å². The number of aromatic nitrogens is 2. The summed E-state index contributed by atoms with van der Waals surface area (Å²) in [6.45, 7) is 8.27. The van der Waals surface area contributed by atoms with Gasteiger partial charge in [0.15, 0.2) is 0 Å². The molecule has 0 N–H and O–H groups in total. The first-order valence-electron chi connectivity index (χ1n) is 7.48. The summed E-state index contributed by atoms with van der Waals surface area (Å²) in [6, 6.07) is 15.3. The number of carbonyl (C=O) groups excluding carboxylic acids is 1. The zero-order valence-electron chi connectivity index (χ0n) is 13.4. The molecule has 3 aromatic rings. The largest absolute Gasteiger partial charge is 0.268 e. The molecule has 0 bridgehead atoms. The van der Waals surface area contributed by atoms with Crippen molar-refractivity contribution in [2.24, 2.45) is 0 Å². The van der Waals surface area contributed by atoms with E-state index in [1.54, 1.807) is 4.57 Å². The fraction of sp³-hybridized carbons (Fsp3) is 0.263. The number of imidazole rings is 1. The fourth-order valence-corrected chi connectivity index (χ4v) is 2.66. The van der Waals surface area contributed by atoms with Crippen LogP contribution in [0.5, 0.6) is 0 Å². The Morgan fingerprint density at radius 2 is 1.68 bits per heavy atom. The molecule has 3 heteroatoms. The van der Waals surface area contributed by atoms with Crippen LogP contribution in [0.4, 0.5) is 0 Å². The fourth-order valence-electron chi connectivity index (χ4n) is 2.66. The maximum absolute atomic E-state index is 13.0. The number of para-hydroxylation sites is 1. The highest BCUT2D eigenvalue weighted by Gasteiger charge is 2.27. The molecule has 0 aliphatic carbocycles. The summed E-state index contributed by atoms with van der Waals surface area (Å²) in [4.78, 5) is 17.8. The van der Waals surface area contributed by atoms with E-state index >= 15 is 0 Å². The molecule has 0 aliphatic rings. The van der Waals surface area contributed by atoms with Gasteiger partial charge >= 0.3 is 0 Å². The van der Waals surface area contributed by atoms with Crippen molar-refractivity contribution in [3.63, 3.8) is 0 Å². The molecule has 0 fully saturated rings. The van der Waals surface area contributed by atoms with Crippen LogP contribution < -0.4 is 0 Å². The van der Waals surface area contributed by atoms with Gasteiger partial charge in [-0.1, -0.05) is 51.1 Å². The van der Waals surface area contributed by atoms with Crippen molar-refractivity contribution in [1.82, 2.24) is 9.55 Å².